The molecule has 0 spiro atoms. The van der Waals surface area contributed by atoms with E-state index in [0.29, 0.717) is 11.2 Å². The quantitative estimate of drug-likeness (QED) is 0.0922. The van der Waals surface area contributed by atoms with Crippen molar-refractivity contribution < 1.29 is 0 Å². The lowest BCUT2D eigenvalue weighted by Crippen LogP contribution is -2.27. The van der Waals surface area contributed by atoms with Gasteiger partial charge < -0.3 is 5.73 Å². The Kier molecular flexibility index (Phi) is 8.37. The number of aromatic nitrogens is 4. The predicted molar refractivity (Wildman–Crippen MR) is 175 cm³/mol. The van der Waals surface area contributed by atoms with Gasteiger partial charge in [-0.3, -0.25) is 14.2 Å². The summed E-state index contributed by atoms with van der Waals surface area (Å²) in [6.07, 6.45) is 8.37. The normalized spacial score (nSPS) is 17.2. The van der Waals surface area contributed by atoms with Crippen molar-refractivity contribution in [1.82, 2.24) is 29.1 Å². The molecule has 42 heavy (non-hydrogen) atoms. The van der Waals surface area contributed by atoms with Crippen LogP contribution in [0.4, 0.5) is 5.82 Å². The maximum Gasteiger partial charge on any atom is 0.165 e. The summed E-state index contributed by atoms with van der Waals surface area (Å²) in [6.45, 7) is 8.10. The van der Waals surface area contributed by atoms with Crippen LogP contribution in [0.2, 0.25) is 0 Å². The minimum Gasteiger partial charge on any atom is -0.383 e. The van der Waals surface area contributed by atoms with Crippen LogP contribution >= 0.6 is 12.8 Å². The first-order valence-corrected chi connectivity index (χ1v) is 15.0. The minimum absolute atomic E-state index is 0.308. The zero-order chi connectivity index (χ0) is 28.9. The van der Waals surface area contributed by atoms with Gasteiger partial charge >= 0.3 is 0 Å². The number of benzene rings is 2. The third-order valence-corrected chi connectivity index (χ3v) is 8.57. The van der Waals surface area contributed by atoms with E-state index >= 15 is 0 Å². The number of imidazole rings is 1. The van der Waals surface area contributed by atoms with Crippen molar-refractivity contribution in [3.63, 3.8) is 0 Å². The second-order valence-electron chi connectivity index (χ2n) is 11.2. The van der Waals surface area contributed by atoms with E-state index in [9.17, 15) is 0 Å². The van der Waals surface area contributed by atoms with Crippen LogP contribution in [0, 0.1) is 5.41 Å². The molecule has 3 N–H and O–H groups in total. The Morgan fingerprint density at radius 2 is 1.83 bits per heavy atom. The van der Waals surface area contributed by atoms with Crippen molar-refractivity contribution in [1.29, 1.82) is 0 Å². The average Bonchev–Trinajstić information content (AvgIpc) is 3.59. The second-order valence-corrected chi connectivity index (χ2v) is 11.6. The van der Waals surface area contributed by atoms with Gasteiger partial charge in [0.1, 0.15) is 11.3 Å². The van der Waals surface area contributed by atoms with Crippen LogP contribution in [0.25, 0.3) is 39.5 Å². The Morgan fingerprint density at radius 3 is 2.60 bits per heavy atom. The highest BCUT2D eigenvalue weighted by Crippen LogP contribution is 2.39. The van der Waals surface area contributed by atoms with Crippen LogP contribution < -0.4 is 10.5 Å². The molecule has 214 valence electrons. The number of nitrogens with two attached hydrogens (primary N) is 1. The monoisotopic (exact) mass is 575 g/mol. The maximum atomic E-state index is 6.34. The van der Waals surface area contributed by atoms with Gasteiger partial charge in [0, 0.05) is 37.1 Å². The van der Waals surface area contributed by atoms with E-state index in [0.717, 1.165) is 78.5 Å². The highest BCUT2D eigenvalue weighted by atomic mass is 32.1. The van der Waals surface area contributed by atoms with Gasteiger partial charge in [0.25, 0.3) is 0 Å². The lowest BCUT2D eigenvalue weighted by Gasteiger charge is -2.28. The SMILES string of the molecule is C=CCC1(CCCNS)CCN(Cc2ccc(-n3c(-c4cccnc4N)nc4ccc(-c5ccccc5)nc43)cc2)C1. The first kappa shape index (κ1) is 28.2. The molecule has 1 fully saturated rings. The Hall–Kier alpha value is -3.98. The van der Waals surface area contributed by atoms with E-state index < -0.39 is 0 Å². The summed E-state index contributed by atoms with van der Waals surface area (Å²) in [5, 5.41) is 0. The third kappa shape index (κ3) is 5.83. The minimum atomic E-state index is 0.308. The van der Waals surface area contributed by atoms with E-state index in [1.807, 2.05) is 42.5 Å². The van der Waals surface area contributed by atoms with Crippen LogP contribution in [-0.4, -0.2) is 44.1 Å². The Morgan fingerprint density at radius 1 is 1.00 bits per heavy atom. The molecule has 1 aliphatic heterocycles. The molecule has 0 aliphatic carbocycles. The van der Waals surface area contributed by atoms with Crippen molar-refractivity contribution in [3.05, 3.63) is 103 Å². The zero-order valence-corrected chi connectivity index (χ0v) is 24.7. The van der Waals surface area contributed by atoms with E-state index in [-0.39, 0.29) is 0 Å². The Labute approximate surface area is 253 Å². The summed E-state index contributed by atoms with van der Waals surface area (Å²) in [6, 6.07) is 26.9. The van der Waals surface area contributed by atoms with Crippen LogP contribution in [0.1, 0.15) is 31.2 Å². The number of nitrogens with zero attached hydrogens (tertiary/aromatic N) is 5. The molecule has 6 rings (SSSR count). The topological polar surface area (TPSA) is 84.9 Å². The fraction of sp³-hybridized carbons (Fsp3) is 0.265. The number of anilines is 1. The first-order chi connectivity index (χ1) is 20.6. The summed E-state index contributed by atoms with van der Waals surface area (Å²) in [5.74, 6) is 1.17. The Balaban J connectivity index is 1.32. The fourth-order valence-corrected chi connectivity index (χ4v) is 6.41. The molecule has 2 aromatic carbocycles. The van der Waals surface area contributed by atoms with Gasteiger partial charge in [0.2, 0.25) is 0 Å². The summed E-state index contributed by atoms with van der Waals surface area (Å²) < 4.78 is 5.09. The average molecular weight is 576 g/mol. The number of nitrogens with one attached hydrogen (secondary N) is 1. The molecule has 8 heteroatoms. The molecule has 3 aromatic heterocycles. The first-order valence-electron chi connectivity index (χ1n) is 14.5. The molecule has 1 saturated heterocycles. The molecule has 0 amide bonds. The summed E-state index contributed by atoms with van der Waals surface area (Å²) >= 11 is 4.16. The zero-order valence-electron chi connectivity index (χ0n) is 23.8. The van der Waals surface area contributed by atoms with Crippen molar-refractivity contribution >= 4 is 29.8 Å². The van der Waals surface area contributed by atoms with Crippen molar-refractivity contribution in [2.75, 3.05) is 25.4 Å². The molecule has 0 bridgehead atoms. The fourth-order valence-electron chi connectivity index (χ4n) is 6.25. The number of thiol groups is 1. The van der Waals surface area contributed by atoms with Gasteiger partial charge in [-0.05, 0) is 79.6 Å². The molecule has 4 heterocycles. The molecule has 1 aliphatic rings. The highest BCUT2D eigenvalue weighted by molar-refractivity contribution is 7.78. The van der Waals surface area contributed by atoms with Gasteiger partial charge in [0.15, 0.2) is 11.5 Å². The summed E-state index contributed by atoms with van der Waals surface area (Å²) in [4.78, 5) is 17.0. The number of likely N-dealkylation sites (tertiary alicyclic amines) is 1. The van der Waals surface area contributed by atoms with Gasteiger partial charge in [0.05, 0.1) is 11.3 Å². The number of hydrogen-bond acceptors (Lipinski definition) is 7. The van der Waals surface area contributed by atoms with E-state index in [1.54, 1.807) is 6.20 Å². The molecular weight excluding hydrogens is 538 g/mol. The number of pyridine rings is 2. The van der Waals surface area contributed by atoms with E-state index in [1.165, 1.54) is 18.4 Å². The van der Waals surface area contributed by atoms with E-state index in [2.05, 4.69) is 81.0 Å². The number of rotatable bonds is 11. The molecule has 0 radical (unpaired) electrons. The van der Waals surface area contributed by atoms with Crippen molar-refractivity contribution in [2.24, 2.45) is 5.41 Å². The van der Waals surface area contributed by atoms with E-state index in [4.69, 9.17) is 15.7 Å². The molecule has 1 unspecified atom stereocenters. The lowest BCUT2D eigenvalue weighted by molar-refractivity contribution is 0.234. The molecule has 0 saturated carbocycles. The number of allylic oxidation sites excluding steroid dienone is 1. The predicted octanol–water partition coefficient (Wildman–Crippen LogP) is 6.71. The molecular formula is C34H37N7S. The van der Waals surface area contributed by atoms with Crippen molar-refractivity contribution in [2.45, 2.75) is 32.2 Å². The van der Waals surface area contributed by atoms with Gasteiger partial charge in [-0.2, -0.15) is 0 Å². The van der Waals surface area contributed by atoms with Crippen LogP contribution in [0.3, 0.4) is 0 Å². The number of hydrogen-bond donors (Lipinski definition) is 3. The standard InChI is InChI=1S/C34H37N7S/c1-2-17-34(18-7-21-37-42)19-22-40(24-34)23-25-11-13-27(14-12-25)41-32(28-10-6-20-36-31(28)35)39-30-16-15-29(38-33(30)41)26-8-4-3-5-9-26/h2-6,8-16,20,37,42H,1,7,17-19,21-24H2,(H2,35,36). The van der Waals surface area contributed by atoms with Crippen LogP contribution in [0.5, 0.6) is 0 Å². The van der Waals surface area contributed by atoms with Crippen LogP contribution in [0.15, 0.2) is 97.7 Å². The highest BCUT2D eigenvalue weighted by Gasteiger charge is 2.36. The smallest absolute Gasteiger partial charge is 0.165 e. The molecule has 5 aromatic rings. The largest absolute Gasteiger partial charge is 0.383 e. The van der Waals surface area contributed by atoms with Crippen molar-refractivity contribution in [3.8, 4) is 28.3 Å². The number of fused-ring (bicyclic) bond motifs is 1. The van der Waals surface area contributed by atoms with Crippen LogP contribution in [-0.2, 0) is 6.54 Å². The third-order valence-electron chi connectivity index (χ3n) is 8.34. The molecule has 7 nitrogen and oxygen atoms in total. The lowest BCUT2D eigenvalue weighted by atomic mass is 9.79. The summed E-state index contributed by atoms with van der Waals surface area (Å²) in [5.41, 5.74) is 13.2. The van der Waals surface area contributed by atoms with Gasteiger partial charge in [-0.15, -0.1) is 6.58 Å². The summed E-state index contributed by atoms with van der Waals surface area (Å²) in [7, 11) is 0. The Bertz CT molecular complexity index is 1670. The van der Waals surface area contributed by atoms with Gasteiger partial charge in [-0.1, -0.05) is 61.4 Å². The molecule has 1 atom stereocenters. The van der Waals surface area contributed by atoms with Gasteiger partial charge in [-0.25, -0.2) is 15.0 Å². The maximum absolute atomic E-state index is 6.34. The second kappa shape index (κ2) is 12.5. The number of nitrogen functional groups attached to an aromatic ring is 1.